The Labute approximate surface area is 125 Å². The number of hydrogen-bond acceptors (Lipinski definition) is 7. The highest BCUT2D eigenvalue weighted by atomic mass is 35.5. The maximum Gasteiger partial charge on any atom is 0.225 e. The molecule has 0 aliphatic rings. The minimum atomic E-state index is 0.139. The molecule has 0 unspecified atom stereocenters. The Morgan fingerprint density at radius 2 is 1.80 bits per heavy atom. The second kappa shape index (κ2) is 7.16. The monoisotopic (exact) mass is 311 g/mol. The molecule has 0 fully saturated rings. The first-order valence-corrected chi connectivity index (χ1v) is 7.39. The van der Waals surface area contributed by atoms with Gasteiger partial charge in [0.1, 0.15) is 11.6 Å². The Balaban J connectivity index is 1.73. The number of rotatable bonds is 6. The molecule has 8 heteroatoms. The maximum atomic E-state index is 5.98. The van der Waals surface area contributed by atoms with Gasteiger partial charge in [0.15, 0.2) is 0 Å². The van der Waals surface area contributed by atoms with Crippen molar-refractivity contribution in [1.82, 2.24) is 15.0 Å². The zero-order chi connectivity index (χ0) is 14.4. The van der Waals surface area contributed by atoms with E-state index in [0.717, 1.165) is 5.75 Å². The van der Waals surface area contributed by atoms with Crippen LogP contribution >= 0.6 is 23.4 Å². The van der Waals surface area contributed by atoms with Gasteiger partial charge in [-0.2, -0.15) is 26.7 Å². The third-order valence-electron chi connectivity index (χ3n) is 2.27. The van der Waals surface area contributed by atoms with E-state index in [2.05, 4.69) is 15.0 Å². The van der Waals surface area contributed by atoms with E-state index in [9.17, 15) is 0 Å². The van der Waals surface area contributed by atoms with E-state index in [-0.39, 0.29) is 11.9 Å². The second-order valence-electron chi connectivity index (χ2n) is 3.80. The molecule has 4 N–H and O–H groups in total. The summed E-state index contributed by atoms with van der Waals surface area (Å²) >= 11 is 7.60. The molecule has 0 spiro atoms. The molecule has 0 saturated heterocycles. The molecule has 0 radical (unpaired) electrons. The van der Waals surface area contributed by atoms with Crippen LogP contribution in [0, 0.1) is 0 Å². The van der Waals surface area contributed by atoms with Crippen molar-refractivity contribution in [2.24, 2.45) is 0 Å². The van der Waals surface area contributed by atoms with Gasteiger partial charge in [0.2, 0.25) is 11.9 Å². The van der Waals surface area contributed by atoms with Gasteiger partial charge in [-0.1, -0.05) is 23.7 Å². The predicted octanol–water partition coefficient (Wildman–Crippen LogP) is 2.00. The lowest BCUT2D eigenvalue weighted by molar-refractivity contribution is 0.344. The first kappa shape index (κ1) is 14.7. The van der Waals surface area contributed by atoms with Crippen molar-refractivity contribution >= 4 is 35.3 Å². The summed E-state index contributed by atoms with van der Waals surface area (Å²) in [6, 6.07) is 7.37. The van der Waals surface area contributed by atoms with Crippen LogP contribution in [0.1, 0.15) is 5.82 Å². The van der Waals surface area contributed by atoms with E-state index in [1.165, 1.54) is 0 Å². The molecule has 2 aromatic rings. The van der Waals surface area contributed by atoms with E-state index in [0.29, 0.717) is 29.0 Å². The summed E-state index contributed by atoms with van der Waals surface area (Å²) in [5.41, 5.74) is 11.0. The SMILES string of the molecule is Nc1nc(N)nc(CSCCOc2ccccc2Cl)n1. The van der Waals surface area contributed by atoms with Crippen LogP contribution in [-0.4, -0.2) is 27.3 Å². The van der Waals surface area contributed by atoms with Gasteiger partial charge in [-0.25, -0.2) is 0 Å². The third-order valence-corrected chi connectivity index (χ3v) is 3.50. The lowest BCUT2D eigenvalue weighted by atomic mass is 10.3. The largest absolute Gasteiger partial charge is 0.491 e. The van der Waals surface area contributed by atoms with Crippen molar-refractivity contribution in [2.75, 3.05) is 23.8 Å². The molecular formula is C12H14ClN5OS. The van der Waals surface area contributed by atoms with E-state index in [1.807, 2.05) is 18.2 Å². The maximum absolute atomic E-state index is 5.98. The quantitative estimate of drug-likeness (QED) is 0.787. The topological polar surface area (TPSA) is 99.9 Å². The standard InChI is InChI=1S/C12H14ClN5OS/c13-8-3-1-2-4-9(8)19-5-6-20-7-10-16-11(14)18-12(15)17-10/h1-4H,5-7H2,(H4,14,15,16,17,18). The molecular weight excluding hydrogens is 298 g/mol. The molecule has 106 valence electrons. The average molecular weight is 312 g/mol. The second-order valence-corrected chi connectivity index (χ2v) is 5.31. The molecule has 0 atom stereocenters. The Morgan fingerprint density at radius 3 is 2.50 bits per heavy atom. The average Bonchev–Trinajstić information content (AvgIpc) is 2.39. The molecule has 0 amide bonds. The smallest absolute Gasteiger partial charge is 0.225 e. The van der Waals surface area contributed by atoms with E-state index >= 15 is 0 Å². The fourth-order valence-electron chi connectivity index (χ4n) is 1.46. The Morgan fingerprint density at radius 1 is 1.10 bits per heavy atom. The van der Waals surface area contributed by atoms with E-state index < -0.39 is 0 Å². The first-order chi connectivity index (χ1) is 9.65. The number of nitrogen functional groups attached to an aromatic ring is 2. The summed E-state index contributed by atoms with van der Waals surface area (Å²) in [6.07, 6.45) is 0. The van der Waals surface area contributed by atoms with Gasteiger partial charge >= 0.3 is 0 Å². The van der Waals surface area contributed by atoms with Gasteiger partial charge < -0.3 is 16.2 Å². The minimum Gasteiger partial charge on any atom is -0.491 e. The number of benzene rings is 1. The van der Waals surface area contributed by atoms with Gasteiger partial charge in [0, 0.05) is 5.75 Å². The zero-order valence-corrected chi connectivity index (χ0v) is 12.2. The molecule has 1 heterocycles. The van der Waals surface area contributed by atoms with Crippen LogP contribution < -0.4 is 16.2 Å². The Bertz CT molecular complexity index is 563. The van der Waals surface area contributed by atoms with Crippen molar-refractivity contribution in [2.45, 2.75) is 5.75 Å². The van der Waals surface area contributed by atoms with Crippen LogP contribution in [0.25, 0.3) is 0 Å². The lowest BCUT2D eigenvalue weighted by Gasteiger charge is -2.07. The summed E-state index contributed by atoms with van der Waals surface area (Å²) in [5, 5.41) is 0.607. The van der Waals surface area contributed by atoms with Crippen LogP contribution in [0.4, 0.5) is 11.9 Å². The molecule has 0 aliphatic heterocycles. The Hall–Kier alpha value is -1.73. The fraction of sp³-hybridized carbons (Fsp3) is 0.250. The number of anilines is 2. The lowest BCUT2D eigenvalue weighted by Crippen LogP contribution is -2.07. The van der Waals surface area contributed by atoms with Gasteiger partial charge in [-0.15, -0.1) is 0 Å². The number of hydrogen-bond donors (Lipinski definition) is 2. The highest BCUT2D eigenvalue weighted by Crippen LogP contribution is 2.23. The molecule has 0 saturated carbocycles. The van der Waals surface area contributed by atoms with Gasteiger partial charge in [0.05, 0.1) is 17.4 Å². The number of thioether (sulfide) groups is 1. The van der Waals surface area contributed by atoms with Crippen molar-refractivity contribution < 1.29 is 4.74 Å². The molecule has 1 aromatic carbocycles. The van der Waals surface area contributed by atoms with Crippen molar-refractivity contribution in [3.05, 3.63) is 35.1 Å². The summed E-state index contributed by atoms with van der Waals surface area (Å²) in [4.78, 5) is 11.7. The number of ether oxygens (including phenoxy) is 1. The number of para-hydroxylation sites is 1. The van der Waals surface area contributed by atoms with Crippen molar-refractivity contribution in [3.8, 4) is 5.75 Å². The van der Waals surface area contributed by atoms with Crippen LogP contribution in [0.2, 0.25) is 5.02 Å². The van der Waals surface area contributed by atoms with Crippen molar-refractivity contribution in [1.29, 1.82) is 0 Å². The highest BCUT2D eigenvalue weighted by molar-refractivity contribution is 7.98. The molecule has 6 nitrogen and oxygen atoms in total. The van der Waals surface area contributed by atoms with Gasteiger partial charge in [-0.3, -0.25) is 0 Å². The minimum absolute atomic E-state index is 0.139. The normalized spacial score (nSPS) is 10.4. The fourth-order valence-corrected chi connectivity index (χ4v) is 2.30. The summed E-state index contributed by atoms with van der Waals surface area (Å²) < 4.78 is 5.57. The van der Waals surface area contributed by atoms with Crippen LogP contribution in [-0.2, 0) is 5.75 Å². The molecule has 0 bridgehead atoms. The van der Waals surface area contributed by atoms with Crippen LogP contribution in [0.5, 0.6) is 5.75 Å². The highest BCUT2D eigenvalue weighted by Gasteiger charge is 2.03. The number of nitrogens with two attached hydrogens (primary N) is 2. The van der Waals surface area contributed by atoms with Crippen LogP contribution in [0.15, 0.2) is 24.3 Å². The van der Waals surface area contributed by atoms with Gasteiger partial charge in [-0.05, 0) is 12.1 Å². The Kier molecular flexibility index (Phi) is 5.25. The predicted molar refractivity (Wildman–Crippen MR) is 81.8 cm³/mol. The molecule has 20 heavy (non-hydrogen) atoms. The summed E-state index contributed by atoms with van der Waals surface area (Å²) in [6.45, 7) is 0.546. The van der Waals surface area contributed by atoms with Crippen LogP contribution in [0.3, 0.4) is 0 Å². The number of halogens is 1. The summed E-state index contributed by atoms with van der Waals surface area (Å²) in [7, 11) is 0. The third kappa shape index (κ3) is 4.43. The van der Waals surface area contributed by atoms with E-state index in [1.54, 1.807) is 17.8 Å². The summed E-state index contributed by atoms with van der Waals surface area (Å²) in [5.74, 6) is 2.90. The number of aromatic nitrogens is 3. The molecule has 2 rings (SSSR count). The molecule has 1 aromatic heterocycles. The van der Waals surface area contributed by atoms with Gasteiger partial charge in [0.25, 0.3) is 0 Å². The molecule has 0 aliphatic carbocycles. The zero-order valence-electron chi connectivity index (χ0n) is 10.6. The van der Waals surface area contributed by atoms with Crippen molar-refractivity contribution in [3.63, 3.8) is 0 Å². The number of nitrogens with zero attached hydrogens (tertiary/aromatic N) is 3. The van der Waals surface area contributed by atoms with E-state index in [4.69, 9.17) is 27.8 Å². The first-order valence-electron chi connectivity index (χ1n) is 5.86.